The molecule has 2 saturated heterocycles. The van der Waals surface area contributed by atoms with Gasteiger partial charge >= 0.3 is 0 Å². The molecule has 0 saturated carbocycles. The van der Waals surface area contributed by atoms with Gasteiger partial charge in [-0.15, -0.1) is 0 Å². The number of hydrogen-bond donors (Lipinski definition) is 0. The Balaban J connectivity index is 1.61. The number of amides is 1. The summed E-state index contributed by atoms with van der Waals surface area (Å²) in [5, 5.41) is 4.35. The zero-order chi connectivity index (χ0) is 19.5. The zero-order valence-corrected chi connectivity index (χ0v) is 16.8. The molecular formula is C21H29N5O2. The molecule has 0 spiro atoms. The number of piperidine rings is 1. The summed E-state index contributed by atoms with van der Waals surface area (Å²) in [6.07, 6.45) is 9.25. The van der Waals surface area contributed by atoms with Gasteiger partial charge < -0.3 is 14.5 Å². The fourth-order valence-corrected chi connectivity index (χ4v) is 4.26. The molecule has 4 heterocycles. The number of nitrogens with zero attached hydrogens (tertiary/aromatic N) is 5. The molecule has 1 amide bonds. The maximum atomic E-state index is 13.3. The van der Waals surface area contributed by atoms with E-state index in [2.05, 4.69) is 15.0 Å². The zero-order valence-electron chi connectivity index (χ0n) is 16.8. The van der Waals surface area contributed by atoms with Crippen LogP contribution in [0.1, 0.15) is 46.9 Å². The molecule has 2 aliphatic heterocycles. The van der Waals surface area contributed by atoms with Gasteiger partial charge in [0.25, 0.3) is 5.91 Å². The number of aryl methyl sites for hydroxylation is 2. The van der Waals surface area contributed by atoms with Gasteiger partial charge in [0, 0.05) is 43.8 Å². The summed E-state index contributed by atoms with van der Waals surface area (Å²) < 4.78 is 7.99. The smallest absolute Gasteiger partial charge is 0.256 e. The van der Waals surface area contributed by atoms with Crippen LogP contribution in [0, 0.1) is 6.92 Å². The van der Waals surface area contributed by atoms with E-state index in [0.29, 0.717) is 18.7 Å². The van der Waals surface area contributed by atoms with Crippen molar-refractivity contribution in [1.29, 1.82) is 0 Å². The van der Waals surface area contributed by atoms with E-state index in [1.165, 1.54) is 19.3 Å². The monoisotopic (exact) mass is 383 g/mol. The first kappa shape index (κ1) is 19.1. The fourth-order valence-electron chi connectivity index (χ4n) is 4.26. The summed E-state index contributed by atoms with van der Waals surface area (Å²) >= 11 is 0. The number of likely N-dealkylation sites (tertiary alicyclic amines) is 1. The Hall–Kier alpha value is -2.25. The molecule has 0 N–H and O–H groups in total. The molecule has 0 aliphatic carbocycles. The van der Waals surface area contributed by atoms with Crippen molar-refractivity contribution in [2.45, 2.75) is 38.3 Å². The normalized spacial score (nSPS) is 23.7. The lowest BCUT2D eigenvalue weighted by molar-refractivity contribution is -0.0741. The molecular weight excluding hydrogens is 354 g/mol. The lowest BCUT2D eigenvalue weighted by Gasteiger charge is -2.43. The van der Waals surface area contributed by atoms with E-state index in [9.17, 15) is 4.79 Å². The second-order valence-corrected chi connectivity index (χ2v) is 7.85. The van der Waals surface area contributed by atoms with Crippen molar-refractivity contribution in [1.82, 2.24) is 24.6 Å². The lowest BCUT2D eigenvalue weighted by Crippen LogP contribution is -2.52. The minimum Gasteiger partial charge on any atom is -0.373 e. The minimum atomic E-state index is -0.141. The van der Waals surface area contributed by atoms with Gasteiger partial charge in [0.1, 0.15) is 0 Å². The first-order chi connectivity index (χ1) is 13.6. The number of aromatic nitrogens is 3. The SMILES string of the molecule is Cc1ccc(C(=O)N2CCO[C@@H](CN3CCCCC3)[C@@H]2c2cnn(C)c2)cn1. The van der Waals surface area contributed by atoms with Crippen molar-refractivity contribution in [3.05, 3.63) is 47.5 Å². The van der Waals surface area contributed by atoms with Crippen LogP contribution >= 0.6 is 0 Å². The first-order valence-electron chi connectivity index (χ1n) is 10.2. The number of hydrogen-bond acceptors (Lipinski definition) is 5. The van der Waals surface area contributed by atoms with Crippen molar-refractivity contribution in [3.63, 3.8) is 0 Å². The minimum absolute atomic E-state index is 0.00768. The van der Waals surface area contributed by atoms with Crippen molar-refractivity contribution < 1.29 is 9.53 Å². The Morgan fingerprint density at radius 2 is 2.00 bits per heavy atom. The number of ether oxygens (including phenoxy) is 1. The highest BCUT2D eigenvalue weighted by Crippen LogP contribution is 2.31. The van der Waals surface area contributed by atoms with Gasteiger partial charge in [-0.2, -0.15) is 5.10 Å². The molecule has 0 unspecified atom stereocenters. The van der Waals surface area contributed by atoms with Crippen LogP contribution in [0.25, 0.3) is 0 Å². The maximum absolute atomic E-state index is 13.3. The number of carbonyl (C=O) groups excluding carboxylic acids is 1. The van der Waals surface area contributed by atoms with Crippen molar-refractivity contribution in [2.24, 2.45) is 7.05 Å². The molecule has 2 fully saturated rings. The van der Waals surface area contributed by atoms with Gasteiger partial charge in [0.15, 0.2) is 0 Å². The molecule has 7 nitrogen and oxygen atoms in total. The van der Waals surface area contributed by atoms with Crippen LogP contribution in [0.4, 0.5) is 0 Å². The van der Waals surface area contributed by atoms with Crippen molar-refractivity contribution in [2.75, 3.05) is 32.8 Å². The van der Waals surface area contributed by atoms with Crippen LogP contribution in [0.3, 0.4) is 0 Å². The predicted octanol–water partition coefficient (Wildman–Crippen LogP) is 2.19. The van der Waals surface area contributed by atoms with Crippen LogP contribution in [0.2, 0.25) is 0 Å². The number of rotatable bonds is 4. The third-order valence-electron chi connectivity index (χ3n) is 5.72. The van der Waals surface area contributed by atoms with Crippen LogP contribution in [-0.2, 0) is 11.8 Å². The highest BCUT2D eigenvalue weighted by atomic mass is 16.5. The second-order valence-electron chi connectivity index (χ2n) is 7.85. The number of pyridine rings is 1. The van der Waals surface area contributed by atoms with E-state index >= 15 is 0 Å². The van der Waals surface area contributed by atoms with Gasteiger partial charge in [0.05, 0.1) is 30.5 Å². The van der Waals surface area contributed by atoms with E-state index in [4.69, 9.17) is 4.74 Å². The Kier molecular flexibility index (Phi) is 5.73. The highest BCUT2D eigenvalue weighted by Gasteiger charge is 2.38. The Bertz CT molecular complexity index is 797. The summed E-state index contributed by atoms with van der Waals surface area (Å²) in [4.78, 5) is 22.1. The second kappa shape index (κ2) is 8.41. The Morgan fingerprint density at radius 3 is 2.68 bits per heavy atom. The maximum Gasteiger partial charge on any atom is 0.256 e. The van der Waals surface area contributed by atoms with E-state index < -0.39 is 0 Å². The summed E-state index contributed by atoms with van der Waals surface area (Å²) in [5.74, 6) is 0.00768. The third-order valence-corrected chi connectivity index (χ3v) is 5.72. The molecule has 7 heteroatoms. The summed E-state index contributed by atoms with van der Waals surface area (Å²) in [6, 6.07) is 3.61. The molecule has 150 valence electrons. The molecule has 4 rings (SSSR count). The van der Waals surface area contributed by atoms with Gasteiger partial charge in [-0.05, 0) is 45.0 Å². The average Bonchev–Trinajstić information content (AvgIpc) is 3.14. The lowest BCUT2D eigenvalue weighted by atomic mass is 9.98. The van der Waals surface area contributed by atoms with Gasteiger partial charge in [-0.25, -0.2) is 0 Å². The summed E-state index contributed by atoms with van der Waals surface area (Å²) in [6.45, 7) is 6.11. The van der Waals surface area contributed by atoms with Gasteiger partial charge in [-0.1, -0.05) is 6.42 Å². The Labute approximate surface area is 166 Å². The van der Waals surface area contributed by atoms with Crippen molar-refractivity contribution in [3.8, 4) is 0 Å². The molecule has 28 heavy (non-hydrogen) atoms. The average molecular weight is 383 g/mol. The highest BCUT2D eigenvalue weighted by molar-refractivity contribution is 5.94. The van der Waals surface area contributed by atoms with Gasteiger partial charge in [-0.3, -0.25) is 14.5 Å². The topological polar surface area (TPSA) is 63.5 Å². The van der Waals surface area contributed by atoms with E-state index in [0.717, 1.165) is 30.9 Å². The largest absolute Gasteiger partial charge is 0.373 e. The molecule has 2 aliphatic rings. The van der Waals surface area contributed by atoms with Crippen LogP contribution in [0.5, 0.6) is 0 Å². The van der Waals surface area contributed by atoms with Crippen LogP contribution in [-0.4, -0.2) is 69.4 Å². The fraction of sp³-hybridized carbons (Fsp3) is 0.571. The molecule has 2 atom stereocenters. The third kappa shape index (κ3) is 4.10. The molecule has 0 aromatic carbocycles. The van der Waals surface area contributed by atoms with Crippen molar-refractivity contribution >= 4 is 5.91 Å². The van der Waals surface area contributed by atoms with Crippen LogP contribution in [0.15, 0.2) is 30.7 Å². The van der Waals surface area contributed by atoms with Crippen LogP contribution < -0.4 is 0 Å². The standard InChI is InChI=1S/C21H29N5O2/c1-16-6-7-17(12-22-16)21(27)26-10-11-28-19(15-25-8-4-3-5-9-25)20(26)18-13-23-24(2)14-18/h6-7,12-14,19-20H,3-5,8-11,15H2,1-2H3/t19-,20-/m0/s1. The first-order valence-corrected chi connectivity index (χ1v) is 10.2. The molecule has 0 radical (unpaired) electrons. The molecule has 0 bridgehead atoms. The predicted molar refractivity (Wildman–Crippen MR) is 106 cm³/mol. The summed E-state index contributed by atoms with van der Waals surface area (Å²) in [7, 11) is 1.91. The Morgan fingerprint density at radius 1 is 1.18 bits per heavy atom. The number of carbonyl (C=O) groups is 1. The van der Waals surface area contributed by atoms with E-state index in [-0.39, 0.29) is 18.1 Å². The molecule has 2 aromatic heterocycles. The van der Waals surface area contributed by atoms with E-state index in [1.54, 1.807) is 10.9 Å². The van der Waals surface area contributed by atoms with Gasteiger partial charge in [0.2, 0.25) is 0 Å². The number of morpholine rings is 1. The molecule has 2 aromatic rings. The van der Waals surface area contributed by atoms with E-state index in [1.807, 2.05) is 43.4 Å². The summed E-state index contributed by atoms with van der Waals surface area (Å²) in [5.41, 5.74) is 2.56. The quantitative estimate of drug-likeness (QED) is 0.810.